The van der Waals surface area contributed by atoms with Crippen LogP contribution in [0.5, 0.6) is 0 Å². The van der Waals surface area contributed by atoms with Crippen LogP contribution in [0.1, 0.15) is 31.4 Å². The van der Waals surface area contributed by atoms with Crippen LogP contribution in [0.15, 0.2) is 18.2 Å². The molecule has 0 spiro atoms. The number of rotatable bonds is 3. The first-order valence-electron chi connectivity index (χ1n) is 6.57. The van der Waals surface area contributed by atoms with Crippen LogP contribution < -0.4 is 4.90 Å². The van der Waals surface area contributed by atoms with E-state index in [0.29, 0.717) is 0 Å². The molecular formula is C15H23NO. The van der Waals surface area contributed by atoms with E-state index in [1.54, 1.807) is 0 Å². The smallest absolute Gasteiger partial charge is 0.0681 e. The molecule has 0 saturated carbocycles. The Kier molecular flexibility index (Phi) is 3.72. The Balaban J connectivity index is 2.13. The maximum absolute atomic E-state index is 9.12. The van der Waals surface area contributed by atoms with Crippen LogP contribution in [-0.4, -0.2) is 18.2 Å². The highest BCUT2D eigenvalue weighted by molar-refractivity contribution is 5.55. The van der Waals surface area contributed by atoms with Crippen LogP contribution in [0.25, 0.3) is 0 Å². The Labute approximate surface area is 104 Å². The monoisotopic (exact) mass is 233 g/mol. The third kappa shape index (κ3) is 2.63. The maximum atomic E-state index is 9.12. The average Bonchev–Trinajstić information content (AvgIpc) is 2.78. The van der Waals surface area contributed by atoms with E-state index >= 15 is 0 Å². The molecule has 0 radical (unpaired) electrons. The zero-order valence-electron chi connectivity index (χ0n) is 11.1. The zero-order valence-corrected chi connectivity index (χ0v) is 11.1. The van der Waals surface area contributed by atoms with Gasteiger partial charge in [0.25, 0.3) is 0 Å². The van der Waals surface area contributed by atoms with Gasteiger partial charge >= 0.3 is 0 Å². The van der Waals surface area contributed by atoms with Crippen molar-refractivity contribution < 1.29 is 5.11 Å². The first-order valence-corrected chi connectivity index (χ1v) is 6.57. The highest BCUT2D eigenvalue weighted by Gasteiger charge is 2.25. The molecule has 2 nitrogen and oxygen atoms in total. The average molecular weight is 233 g/mol. The minimum Gasteiger partial charge on any atom is -0.392 e. The van der Waals surface area contributed by atoms with E-state index in [1.165, 1.54) is 30.8 Å². The van der Waals surface area contributed by atoms with Gasteiger partial charge in [0.1, 0.15) is 0 Å². The van der Waals surface area contributed by atoms with Gasteiger partial charge in [0.2, 0.25) is 0 Å². The van der Waals surface area contributed by atoms with E-state index in [4.69, 9.17) is 5.11 Å². The van der Waals surface area contributed by atoms with E-state index in [-0.39, 0.29) is 6.61 Å². The summed E-state index contributed by atoms with van der Waals surface area (Å²) < 4.78 is 0. The third-order valence-electron chi connectivity index (χ3n) is 3.95. The molecule has 1 fully saturated rings. The van der Waals surface area contributed by atoms with Crippen LogP contribution in [0, 0.1) is 18.8 Å². The number of aliphatic hydroxyl groups excluding tert-OH is 1. The minimum atomic E-state index is 0.135. The summed E-state index contributed by atoms with van der Waals surface area (Å²) in [4.78, 5) is 2.49. The van der Waals surface area contributed by atoms with Gasteiger partial charge in [0.05, 0.1) is 6.61 Å². The summed E-state index contributed by atoms with van der Waals surface area (Å²) in [6, 6.07) is 6.28. The summed E-state index contributed by atoms with van der Waals surface area (Å²) >= 11 is 0. The molecule has 94 valence electrons. The van der Waals surface area contributed by atoms with Gasteiger partial charge in [-0.3, -0.25) is 0 Å². The van der Waals surface area contributed by atoms with E-state index in [1.807, 2.05) is 6.07 Å². The summed E-state index contributed by atoms with van der Waals surface area (Å²) in [6.45, 7) is 9.25. The lowest BCUT2D eigenvalue weighted by Gasteiger charge is -2.22. The summed E-state index contributed by atoms with van der Waals surface area (Å²) in [5.74, 6) is 1.60. The van der Waals surface area contributed by atoms with Crippen LogP contribution in [0.4, 0.5) is 5.69 Å². The minimum absolute atomic E-state index is 0.135. The first kappa shape index (κ1) is 12.4. The number of benzene rings is 1. The van der Waals surface area contributed by atoms with Gasteiger partial charge in [-0.15, -0.1) is 0 Å². The van der Waals surface area contributed by atoms with Gasteiger partial charge in [-0.1, -0.05) is 26.0 Å². The molecule has 1 N–H and O–H groups in total. The quantitative estimate of drug-likeness (QED) is 0.867. The van der Waals surface area contributed by atoms with E-state index in [9.17, 15) is 0 Å². The normalized spacial score (nSPS) is 20.3. The highest BCUT2D eigenvalue weighted by Crippen LogP contribution is 2.30. The van der Waals surface area contributed by atoms with Crippen molar-refractivity contribution in [1.82, 2.24) is 0 Å². The van der Waals surface area contributed by atoms with Crippen LogP contribution >= 0.6 is 0 Å². The lowest BCUT2D eigenvalue weighted by Crippen LogP contribution is -2.22. The second-order valence-corrected chi connectivity index (χ2v) is 5.52. The lowest BCUT2D eigenvalue weighted by atomic mass is 9.95. The van der Waals surface area contributed by atoms with Crippen molar-refractivity contribution >= 4 is 5.69 Å². The Bertz CT molecular complexity index is 387. The molecule has 1 aliphatic rings. The Morgan fingerprint density at radius 2 is 2.18 bits per heavy atom. The number of aliphatic hydroxyl groups is 1. The molecule has 0 bridgehead atoms. The molecule has 0 aromatic heterocycles. The van der Waals surface area contributed by atoms with Crippen molar-refractivity contribution in [2.75, 3.05) is 18.0 Å². The van der Waals surface area contributed by atoms with Crippen molar-refractivity contribution in [3.63, 3.8) is 0 Å². The SMILES string of the molecule is Cc1cc(CO)ccc1N1CCC(C(C)C)C1. The molecule has 2 heteroatoms. The lowest BCUT2D eigenvalue weighted by molar-refractivity contribution is 0.282. The highest BCUT2D eigenvalue weighted by atomic mass is 16.3. The summed E-state index contributed by atoms with van der Waals surface area (Å²) in [6.07, 6.45) is 1.30. The topological polar surface area (TPSA) is 23.5 Å². The first-order chi connectivity index (χ1) is 8.11. The predicted molar refractivity (Wildman–Crippen MR) is 72.3 cm³/mol. The zero-order chi connectivity index (χ0) is 12.4. The van der Waals surface area contributed by atoms with Crippen molar-refractivity contribution in [3.8, 4) is 0 Å². The van der Waals surface area contributed by atoms with E-state index in [2.05, 4.69) is 37.8 Å². The maximum Gasteiger partial charge on any atom is 0.0681 e. The number of nitrogens with zero attached hydrogens (tertiary/aromatic N) is 1. The number of aryl methyl sites for hydroxylation is 1. The van der Waals surface area contributed by atoms with Gasteiger partial charge < -0.3 is 10.0 Å². The number of hydrogen-bond donors (Lipinski definition) is 1. The third-order valence-corrected chi connectivity index (χ3v) is 3.95. The molecule has 1 heterocycles. The van der Waals surface area contributed by atoms with Crippen molar-refractivity contribution in [1.29, 1.82) is 0 Å². The van der Waals surface area contributed by atoms with Crippen molar-refractivity contribution in [3.05, 3.63) is 29.3 Å². The van der Waals surface area contributed by atoms with Gasteiger partial charge in [0.15, 0.2) is 0 Å². The molecule has 1 saturated heterocycles. The molecule has 17 heavy (non-hydrogen) atoms. The largest absolute Gasteiger partial charge is 0.392 e. The predicted octanol–water partition coefficient (Wildman–Crippen LogP) is 2.97. The van der Waals surface area contributed by atoms with Gasteiger partial charge in [-0.25, -0.2) is 0 Å². The second-order valence-electron chi connectivity index (χ2n) is 5.52. The summed E-state index contributed by atoms with van der Waals surface area (Å²) in [5, 5.41) is 9.12. The Hall–Kier alpha value is -1.02. The van der Waals surface area contributed by atoms with Crippen LogP contribution in [-0.2, 0) is 6.61 Å². The van der Waals surface area contributed by atoms with Crippen molar-refractivity contribution in [2.45, 2.75) is 33.8 Å². The Morgan fingerprint density at radius 1 is 1.41 bits per heavy atom. The van der Waals surface area contributed by atoms with Crippen LogP contribution in [0.2, 0.25) is 0 Å². The fourth-order valence-corrected chi connectivity index (χ4v) is 2.72. The second kappa shape index (κ2) is 5.09. The van der Waals surface area contributed by atoms with Gasteiger partial charge in [-0.2, -0.15) is 0 Å². The molecular weight excluding hydrogens is 210 g/mol. The van der Waals surface area contributed by atoms with Gasteiger partial charge in [-0.05, 0) is 42.4 Å². The van der Waals surface area contributed by atoms with E-state index in [0.717, 1.165) is 17.4 Å². The van der Waals surface area contributed by atoms with E-state index < -0.39 is 0 Å². The molecule has 1 aromatic carbocycles. The molecule has 1 aliphatic heterocycles. The summed E-state index contributed by atoms with van der Waals surface area (Å²) in [5.41, 5.74) is 3.62. The number of hydrogen-bond acceptors (Lipinski definition) is 2. The van der Waals surface area contributed by atoms with Crippen molar-refractivity contribution in [2.24, 2.45) is 11.8 Å². The molecule has 0 amide bonds. The Morgan fingerprint density at radius 3 is 2.71 bits per heavy atom. The standard InChI is InChI=1S/C15H23NO/c1-11(2)14-6-7-16(9-14)15-5-4-13(10-17)8-12(15)3/h4-5,8,11,14,17H,6-7,9-10H2,1-3H3. The summed E-state index contributed by atoms with van der Waals surface area (Å²) in [7, 11) is 0. The molecule has 2 rings (SSSR count). The van der Waals surface area contributed by atoms with Crippen LogP contribution in [0.3, 0.4) is 0 Å². The molecule has 0 aliphatic carbocycles. The molecule has 1 atom stereocenters. The molecule has 1 aromatic rings. The number of anilines is 1. The fraction of sp³-hybridized carbons (Fsp3) is 0.600. The molecule has 1 unspecified atom stereocenters. The fourth-order valence-electron chi connectivity index (χ4n) is 2.72. The van der Waals surface area contributed by atoms with Gasteiger partial charge in [0, 0.05) is 18.8 Å².